The van der Waals surface area contributed by atoms with Gasteiger partial charge in [0.15, 0.2) is 0 Å². The van der Waals surface area contributed by atoms with Gasteiger partial charge in [0.1, 0.15) is 28.3 Å². The number of ketones is 1. The molecule has 0 spiro atoms. The van der Waals surface area contributed by atoms with Gasteiger partial charge >= 0.3 is 0 Å². The van der Waals surface area contributed by atoms with Crippen LogP contribution in [0.15, 0.2) is 28.1 Å². The molecule has 0 aliphatic heterocycles. The highest BCUT2D eigenvalue weighted by Crippen LogP contribution is 2.35. The summed E-state index contributed by atoms with van der Waals surface area (Å²) < 4.78 is 28.7. The molecule has 0 atom stereocenters. The Labute approximate surface area is 143 Å². The molecular formula is C17H20F2N2O2S. The van der Waals surface area contributed by atoms with Crippen molar-refractivity contribution in [3.63, 3.8) is 0 Å². The van der Waals surface area contributed by atoms with Crippen molar-refractivity contribution >= 4 is 17.5 Å². The zero-order valence-corrected chi connectivity index (χ0v) is 14.7. The van der Waals surface area contributed by atoms with E-state index in [4.69, 9.17) is 0 Å². The minimum absolute atomic E-state index is 0.0610. The molecule has 0 amide bonds. The van der Waals surface area contributed by atoms with Gasteiger partial charge in [-0.2, -0.15) is 0 Å². The highest BCUT2D eigenvalue weighted by molar-refractivity contribution is 7.99. The quantitative estimate of drug-likeness (QED) is 0.826. The summed E-state index contributed by atoms with van der Waals surface area (Å²) in [6, 6.07) is 3.31. The van der Waals surface area contributed by atoms with Gasteiger partial charge in [-0.15, -0.1) is 0 Å². The summed E-state index contributed by atoms with van der Waals surface area (Å²) in [5.41, 5.74) is 0.745. The van der Waals surface area contributed by atoms with Crippen LogP contribution in [0.5, 0.6) is 0 Å². The van der Waals surface area contributed by atoms with Gasteiger partial charge < -0.3 is 9.67 Å². The smallest absolute Gasteiger partial charge is 0.149 e. The van der Waals surface area contributed by atoms with E-state index in [0.29, 0.717) is 22.2 Å². The molecule has 2 rings (SSSR count). The lowest BCUT2D eigenvalue weighted by atomic mass is 10.1. The third-order valence-corrected chi connectivity index (χ3v) is 4.43. The number of hydrogen-bond donors (Lipinski definition) is 1. The predicted octanol–water partition coefficient (Wildman–Crippen LogP) is 3.56. The molecule has 1 heterocycles. The molecule has 1 aromatic heterocycles. The summed E-state index contributed by atoms with van der Waals surface area (Å²) in [7, 11) is 0. The van der Waals surface area contributed by atoms with Gasteiger partial charge in [-0.25, -0.2) is 13.8 Å². The van der Waals surface area contributed by atoms with Crippen LogP contribution in [0.4, 0.5) is 8.78 Å². The SMILES string of the molecule is CC(=O)Cn1c(CCO)nc(C(C)C)c1Sc1cc(F)cc(F)c1. The Morgan fingerprint density at radius 2 is 1.92 bits per heavy atom. The standard InChI is InChI=1S/C17H20F2N2O2S/c1-10(2)16-17(24-14-7-12(18)6-13(19)8-14)21(9-11(3)23)15(20-16)4-5-22/h6-8,10,22H,4-5,9H2,1-3H3. The number of aliphatic hydroxyl groups is 1. The minimum Gasteiger partial charge on any atom is -0.396 e. The van der Waals surface area contributed by atoms with Crippen LogP contribution in [0, 0.1) is 11.6 Å². The van der Waals surface area contributed by atoms with Gasteiger partial charge in [-0.1, -0.05) is 25.6 Å². The lowest BCUT2D eigenvalue weighted by Crippen LogP contribution is -2.12. The third-order valence-electron chi connectivity index (χ3n) is 3.34. The number of carbonyl (C=O) groups excluding carboxylic acids is 1. The Bertz CT molecular complexity index is 724. The van der Waals surface area contributed by atoms with E-state index in [9.17, 15) is 18.7 Å². The maximum Gasteiger partial charge on any atom is 0.149 e. The number of Topliss-reactive ketones (excluding diaryl/α,β-unsaturated/α-hetero) is 1. The lowest BCUT2D eigenvalue weighted by Gasteiger charge is -2.12. The largest absolute Gasteiger partial charge is 0.396 e. The van der Waals surface area contributed by atoms with E-state index in [1.54, 1.807) is 4.57 Å². The van der Waals surface area contributed by atoms with Crippen molar-refractivity contribution in [1.82, 2.24) is 9.55 Å². The van der Waals surface area contributed by atoms with Crippen LogP contribution in [0.1, 0.15) is 38.2 Å². The van der Waals surface area contributed by atoms with Crippen LogP contribution < -0.4 is 0 Å². The second-order valence-electron chi connectivity index (χ2n) is 5.84. The molecule has 0 bridgehead atoms. The van der Waals surface area contributed by atoms with Crippen molar-refractivity contribution in [3.8, 4) is 0 Å². The van der Waals surface area contributed by atoms with Crippen molar-refractivity contribution in [2.45, 2.75) is 49.6 Å². The van der Waals surface area contributed by atoms with E-state index < -0.39 is 11.6 Å². The highest BCUT2D eigenvalue weighted by atomic mass is 32.2. The minimum atomic E-state index is -0.656. The lowest BCUT2D eigenvalue weighted by molar-refractivity contribution is -0.117. The third kappa shape index (κ3) is 4.42. The number of rotatable bonds is 7. The van der Waals surface area contributed by atoms with E-state index in [1.807, 2.05) is 13.8 Å². The van der Waals surface area contributed by atoms with Crippen LogP contribution in [0.25, 0.3) is 0 Å². The van der Waals surface area contributed by atoms with E-state index in [2.05, 4.69) is 4.98 Å². The topological polar surface area (TPSA) is 55.1 Å². The van der Waals surface area contributed by atoms with Crippen molar-refractivity contribution < 1.29 is 18.7 Å². The molecule has 4 nitrogen and oxygen atoms in total. The van der Waals surface area contributed by atoms with Gasteiger partial charge in [0.2, 0.25) is 0 Å². The second-order valence-corrected chi connectivity index (χ2v) is 6.90. The summed E-state index contributed by atoms with van der Waals surface area (Å²) in [6.45, 7) is 5.40. The molecule has 1 aromatic carbocycles. The molecule has 0 aliphatic carbocycles. The fourth-order valence-electron chi connectivity index (χ4n) is 2.36. The van der Waals surface area contributed by atoms with Crippen molar-refractivity contribution in [1.29, 1.82) is 0 Å². The Morgan fingerprint density at radius 3 is 2.42 bits per heavy atom. The first-order chi connectivity index (χ1) is 11.3. The first-order valence-electron chi connectivity index (χ1n) is 7.65. The van der Waals surface area contributed by atoms with Crippen molar-refractivity contribution in [2.75, 3.05) is 6.61 Å². The molecule has 0 unspecified atom stereocenters. The molecular weight excluding hydrogens is 334 g/mol. The number of halogens is 2. The van der Waals surface area contributed by atoms with Crippen LogP contribution >= 0.6 is 11.8 Å². The molecule has 0 fully saturated rings. The number of nitrogens with zero attached hydrogens (tertiary/aromatic N) is 2. The van der Waals surface area contributed by atoms with E-state index in [-0.39, 0.29) is 24.9 Å². The number of aromatic nitrogens is 2. The first-order valence-corrected chi connectivity index (χ1v) is 8.47. The monoisotopic (exact) mass is 354 g/mol. The molecule has 1 N–H and O–H groups in total. The van der Waals surface area contributed by atoms with E-state index >= 15 is 0 Å². The van der Waals surface area contributed by atoms with E-state index in [0.717, 1.165) is 11.8 Å². The Kier molecular flexibility index (Phi) is 6.12. The zero-order valence-electron chi connectivity index (χ0n) is 13.8. The van der Waals surface area contributed by atoms with Crippen LogP contribution in [0.2, 0.25) is 0 Å². The molecule has 7 heteroatoms. The molecule has 0 aliphatic rings. The summed E-state index contributed by atoms with van der Waals surface area (Å²) in [4.78, 5) is 16.6. The summed E-state index contributed by atoms with van der Waals surface area (Å²) in [5, 5.41) is 9.91. The fourth-order valence-corrected chi connectivity index (χ4v) is 3.59. The summed E-state index contributed by atoms with van der Waals surface area (Å²) >= 11 is 1.17. The molecule has 0 saturated carbocycles. The van der Waals surface area contributed by atoms with Gasteiger partial charge in [-0.3, -0.25) is 4.79 Å². The number of carbonyl (C=O) groups is 1. The number of hydrogen-bond acceptors (Lipinski definition) is 4. The Morgan fingerprint density at radius 1 is 1.29 bits per heavy atom. The van der Waals surface area contributed by atoms with Gasteiger partial charge in [0.05, 0.1) is 18.8 Å². The summed E-state index contributed by atoms with van der Waals surface area (Å²) in [5.74, 6) is -0.713. The van der Waals surface area contributed by atoms with Crippen LogP contribution in [-0.4, -0.2) is 27.0 Å². The molecule has 24 heavy (non-hydrogen) atoms. The molecule has 130 valence electrons. The van der Waals surface area contributed by atoms with Gasteiger partial charge in [0, 0.05) is 17.4 Å². The Hall–Kier alpha value is -1.73. The average Bonchev–Trinajstić information content (AvgIpc) is 2.76. The van der Waals surface area contributed by atoms with Crippen LogP contribution in [0.3, 0.4) is 0 Å². The number of aliphatic hydroxyl groups excluding tert-OH is 1. The number of benzene rings is 1. The normalized spacial score (nSPS) is 11.3. The molecule has 0 saturated heterocycles. The van der Waals surface area contributed by atoms with Crippen molar-refractivity contribution in [3.05, 3.63) is 41.4 Å². The predicted molar refractivity (Wildman–Crippen MR) is 88.3 cm³/mol. The maximum absolute atomic E-state index is 13.5. The fraction of sp³-hybridized carbons (Fsp3) is 0.412. The highest BCUT2D eigenvalue weighted by Gasteiger charge is 2.21. The van der Waals surface area contributed by atoms with Crippen molar-refractivity contribution in [2.24, 2.45) is 0 Å². The van der Waals surface area contributed by atoms with Crippen LogP contribution in [-0.2, 0) is 17.8 Å². The summed E-state index contributed by atoms with van der Waals surface area (Å²) in [6.07, 6.45) is 0.311. The average molecular weight is 354 g/mol. The zero-order chi connectivity index (χ0) is 17.9. The number of imidazole rings is 1. The van der Waals surface area contributed by atoms with Gasteiger partial charge in [-0.05, 0) is 25.0 Å². The molecule has 0 radical (unpaired) electrons. The maximum atomic E-state index is 13.5. The second kappa shape index (κ2) is 7.90. The van der Waals surface area contributed by atoms with Gasteiger partial charge in [0.25, 0.3) is 0 Å². The molecule has 2 aromatic rings. The Balaban J connectivity index is 2.53. The first kappa shape index (κ1) is 18.6. The van der Waals surface area contributed by atoms with E-state index in [1.165, 1.54) is 30.8 Å².